The second-order valence-electron chi connectivity index (χ2n) is 4.92. The second kappa shape index (κ2) is 5.58. The summed E-state index contributed by atoms with van der Waals surface area (Å²) in [5.41, 5.74) is 0.701. The number of fused-ring (bicyclic) bond motifs is 1. The highest BCUT2D eigenvalue weighted by Gasteiger charge is 2.24. The van der Waals surface area contributed by atoms with E-state index in [1.165, 1.54) is 11.3 Å². The number of thiazole rings is 1. The van der Waals surface area contributed by atoms with Crippen LogP contribution < -0.4 is 10.1 Å². The lowest BCUT2D eigenvalue weighted by Crippen LogP contribution is -2.20. The van der Waals surface area contributed by atoms with Crippen LogP contribution in [0.1, 0.15) is 25.7 Å². The molecule has 1 amide bonds. The third-order valence-electron chi connectivity index (χ3n) is 3.63. The number of carbonyl (C=O) groups excluding carboxylic acids is 1. The molecule has 0 spiro atoms. The molecule has 0 unspecified atom stereocenters. The molecule has 20 heavy (non-hydrogen) atoms. The van der Waals surface area contributed by atoms with E-state index in [-0.39, 0.29) is 11.8 Å². The van der Waals surface area contributed by atoms with E-state index in [2.05, 4.69) is 10.3 Å². The minimum atomic E-state index is 0.0663. The van der Waals surface area contributed by atoms with Crippen molar-refractivity contribution in [2.45, 2.75) is 25.7 Å². The molecular formula is C14H15ClN2O2S. The molecule has 1 aromatic heterocycles. The van der Waals surface area contributed by atoms with Gasteiger partial charge in [0.15, 0.2) is 5.13 Å². The number of aromatic nitrogens is 1. The van der Waals surface area contributed by atoms with Crippen LogP contribution >= 0.6 is 22.9 Å². The molecule has 1 aliphatic carbocycles. The van der Waals surface area contributed by atoms with Gasteiger partial charge in [-0.15, -0.1) is 0 Å². The maximum absolute atomic E-state index is 12.1. The first-order valence-electron chi connectivity index (χ1n) is 6.63. The normalized spacial score (nSPS) is 15.7. The summed E-state index contributed by atoms with van der Waals surface area (Å²) in [5.74, 6) is 0.859. The Bertz CT molecular complexity index is 650. The van der Waals surface area contributed by atoms with Gasteiger partial charge in [-0.25, -0.2) is 4.98 Å². The molecule has 106 valence electrons. The molecule has 2 aromatic rings. The molecule has 1 N–H and O–H groups in total. The fourth-order valence-corrected chi connectivity index (χ4v) is 3.72. The lowest BCUT2D eigenvalue weighted by Gasteiger charge is -2.07. The standard InChI is InChI=1S/C14H15ClN2O2S/c1-19-10-7-6-9(15)12-11(10)16-14(20-12)17-13(18)8-4-2-3-5-8/h6-8H,2-5H2,1H3,(H,16,17,18). The van der Waals surface area contributed by atoms with E-state index in [9.17, 15) is 4.79 Å². The lowest BCUT2D eigenvalue weighted by atomic mass is 10.1. The summed E-state index contributed by atoms with van der Waals surface area (Å²) < 4.78 is 6.11. The highest BCUT2D eigenvalue weighted by molar-refractivity contribution is 7.23. The Labute approximate surface area is 126 Å². The Morgan fingerprint density at radius 2 is 2.20 bits per heavy atom. The topological polar surface area (TPSA) is 51.2 Å². The van der Waals surface area contributed by atoms with Crippen molar-refractivity contribution in [2.24, 2.45) is 5.92 Å². The van der Waals surface area contributed by atoms with Gasteiger partial charge in [0, 0.05) is 5.92 Å². The fraction of sp³-hybridized carbons (Fsp3) is 0.429. The average Bonchev–Trinajstić information content (AvgIpc) is 3.08. The number of nitrogens with one attached hydrogen (secondary N) is 1. The average molecular weight is 311 g/mol. The van der Waals surface area contributed by atoms with Crippen molar-refractivity contribution in [3.63, 3.8) is 0 Å². The van der Waals surface area contributed by atoms with E-state index >= 15 is 0 Å². The monoisotopic (exact) mass is 310 g/mol. The predicted molar refractivity (Wildman–Crippen MR) is 81.8 cm³/mol. The zero-order chi connectivity index (χ0) is 14.1. The molecule has 0 radical (unpaired) electrons. The van der Waals surface area contributed by atoms with Crippen LogP contribution in [0.25, 0.3) is 10.2 Å². The van der Waals surface area contributed by atoms with Crippen molar-refractivity contribution < 1.29 is 9.53 Å². The maximum Gasteiger partial charge on any atom is 0.229 e. The van der Waals surface area contributed by atoms with Gasteiger partial charge < -0.3 is 10.1 Å². The summed E-state index contributed by atoms with van der Waals surface area (Å²) in [6, 6.07) is 3.57. The molecule has 1 heterocycles. The largest absolute Gasteiger partial charge is 0.494 e. The van der Waals surface area contributed by atoms with Gasteiger partial charge >= 0.3 is 0 Å². The molecule has 1 saturated carbocycles. The quantitative estimate of drug-likeness (QED) is 0.929. The van der Waals surface area contributed by atoms with Crippen LogP contribution in [0, 0.1) is 5.92 Å². The molecular weight excluding hydrogens is 296 g/mol. The number of hydrogen-bond donors (Lipinski definition) is 1. The predicted octanol–water partition coefficient (Wildman–Crippen LogP) is 4.09. The Hall–Kier alpha value is -1.33. The number of benzene rings is 1. The van der Waals surface area contributed by atoms with E-state index in [4.69, 9.17) is 16.3 Å². The van der Waals surface area contributed by atoms with Gasteiger partial charge in [-0.05, 0) is 25.0 Å². The molecule has 6 heteroatoms. The van der Waals surface area contributed by atoms with E-state index in [0.29, 0.717) is 21.4 Å². The first-order chi connectivity index (χ1) is 9.69. The van der Waals surface area contributed by atoms with Crippen molar-refractivity contribution >= 4 is 44.2 Å². The molecule has 0 atom stereocenters. The molecule has 1 aliphatic rings. The van der Waals surface area contributed by atoms with Gasteiger partial charge in [0.1, 0.15) is 11.3 Å². The number of halogens is 1. The van der Waals surface area contributed by atoms with Gasteiger partial charge in [0.2, 0.25) is 5.91 Å². The highest BCUT2D eigenvalue weighted by atomic mass is 35.5. The fourth-order valence-electron chi connectivity index (χ4n) is 2.57. The molecule has 4 nitrogen and oxygen atoms in total. The number of ether oxygens (including phenoxy) is 1. The Morgan fingerprint density at radius 1 is 1.45 bits per heavy atom. The van der Waals surface area contributed by atoms with E-state index in [1.807, 2.05) is 0 Å². The van der Waals surface area contributed by atoms with E-state index in [1.54, 1.807) is 19.2 Å². The number of rotatable bonds is 3. The van der Waals surface area contributed by atoms with Crippen LogP contribution in [0.4, 0.5) is 5.13 Å². The van der Waals surface area contributed by atoms with Crippen LogP contribution in [-0.2, 0) is 4.79 Å². The highest BCUT2D eigenvalue weighted by Crippen LogP contribution is 2.37. The SMILES string of the molecule is COc1ccc(Cl)c2sc(NC(=O)C3CCCC3)nc12. The summed E-state index contributed by atoms with van der Waals surface area (Å²) in [6.07, 6.45) is 4.22. The van der Waals surface area contributed by atoms with Gasteiger partial charge in [-0.2, -0.15) is 0 Å². The van der Waals surface area contributed by atoms with Gasteiger partial charge in [0.05, 0.1) is 16.8 Å². The summed E-state index contributed by atoms with van der Waals surface area (Å²) in [6.45, 7) is 0. The van der Waals surface area contributed by atoms with Crippen molar-refractivity contribution in [2.75, 3.05) is 12.4 Å². The zero-order valence-electron chi connectivity index (χ0n) is 11.1. The summed E-state index contributed by atoms with van der Waals surface area (Å²) >= 11 is 7.55. The van der Waals surface area contributed by atoms with Crippen LogP contribution in [0.2, 0.25) is 5.02 Å². The molecule has 1 fully saturated rings. The Balaban J connectivity index is 1.89. The Morgan fingerprint density at radius 3 is 2.90 bits per heavy atom. The van der Waals surface area contributed by atoms with Crippen molar-refractivity contribution in [3.8, 4) is 5.75 Å². The van der Waals surface area contributed by atoms with E-state index in [0.717, 1.165) is 30.4 Å². The summed E-state index contributed by atoms with van der Waals surface area (Å²) in [4.78, 5) is 16.6. The first-order valence-corrected chi connectivity index (χ1v) is 7.82. The number of hydrogen-bond acceptors (Lipinski definition) is 4. The second-order valence-corrected chi connectivity index (χ2v) is 6.32. The summed E-state index contributed by atoms with van der Waals surface area (Å²) in [7, 11) is 1.60. The summed E-state index contributed by atoms with van der Waals surface area (Å²) in [5, 5.41) is 4.12. The third kappa shape index (κ3) is 2.47. The minimum absolute atomic E-state index is 0.0663. The molecule has 1 aromatic carbocycles. The van der Waals surface area contributed by atoms with Gasteiger partial charge in [0.25, 0.3) is 0 Å². The van der Waals surface area contributed by atoms with E-state index < -0.39 is 0 Å². The lowest BCUT2D eigenvalue weighted by molar-refractivity contribution is -0.119. The van der Waals surface area contributed by atoms with Crippen LogP contribution in [-0.4, -0.2) is 18.0 Å². The number of methoxy groups -OCH3 is 1. The molecule has 3 rings (SSSR count). The van der Waals surface area contributed by atoms with Crippen LogP contribution in [0.3, 0.4) is 0 Å². The molecule has 0 aliphatic heterocycles. The number of anilines is 1. The molecule has 0 saturated heterocycles. The smallest absolute Gasteiger partial charge is 0.229 e. The van der Waals surface area contributed by atoms with Gasteiger partial charge in [-0.1, -0.05) is 35.8 Å². The first kappa shape index (κ1) is 13.6. The Kier molecular flexibility index (Phi) is 3.81. The number of nitrogens with zero attached hydrogens (tertiary/aromatic N) is 1. The van der Waals surface area contributed by atoms with Crippen molar-refractivity contribution in [1.29, 1.82) is 0 Å². The van der Waals surface area contributed by atoms with Crippen molar-refractivity contribution in [3.05, 3.63) is 17.2 Å². The third-order valence-corrected chi connectivity index (χ3v) is 5.07. The number of amides is 1. The zero-order valence-corrected chi connectivity index (χ0v) is 12.7. The molecule has 0 bridgehead atoms. The van der Waals surface area contributed by atoms with Crippen LogP contribution in [0.5, 0.6) is 5.75 Å². The minimum Gasteiger partial charge on any atom is -0.494 e. The van der Waals surface area contributed by atoms with Crippen LogP contribution in [0.15, 0.2) is 12.1 Å². The van der Waals surface area contributed by atoms with Gasteiger partial charge in [-0.3, -0.25) is 4.79 Å². The van der Waals surface area contributed by atoms with Crippen molar-refractivity contribution in [1.82, 2.24) is 4.98 Å². The number of carbonyl (C=O) groups is 1. The maximum atomic E-state index is 12.1.